The lowest BCUT2D eigenvalue weighted by molar-refractivity contribution is -0.908. The van der Waals surface area contributed by atoms with E-state index in [0.29, 0.717) is 19.5 Å². The molecule has 7 nitrogen and oxygen atoms in total. The predicted octanol–water partition coefficient (Wildman–Crippen LogP) is 13.1. The third-order valence-corrected chi connectivity index (χ3v) is 11.9. The number of rotatable bonds is 43. The van der Waals surface area contributed by atoms with Crippen LogP contribution in [-0.4, -0.2) is 61.7 Å². The van der Waals surface area contributed by atoms with Crippen LogP contribution in [-0.2, 0) is 0 Å². The Kier molecular flexibility index (Phi) is 51.6. The van der Waals surface area contributed by atoms with Gasteiger partial charge in [0.05, 0.1) is 33.2 Å². The van der Waals surface area contributed by atoms with Crippen LogP contribution in [0.15, 0.2) is 9.98 Å². The van der Waals surface area contributed by atoms with Gasteiger partial charge in [0, 0.05) is 12.1 Å². The molecule has 0 aliphatic heterocycles. The third-order valence-electron chi connectivity index (χ3n) is 11.9. The van der Waals surface area contributed by atoms with Gasteiger partial charge in [-0.3, -0.25) is 9.98 Å². The molecule has 0 aliphatic rings. The fraction of sp³-hybridized carbons (Fsp3) is 0.957. The van der Waals surface area contributed by atoms with Crippen molar-refractivity contribution >= 4 is 49.1 Å². The van der Waals surface area contributed by atoms with Crippen molar-refractivity contribution in [2.75, 3.05) is 39.8 Å². The zero-order chi connectivity index (χ0) is 39.9. The lowest BCUT2D eigenvalue weighted by atomic mass is 9.96. The summed E-state index contributed by atoms with van der Waals surface area (Å²) in [6.07, 6.45) is 47.0. The van der Waals surface area contributed by atoms with E-state index in [9.17, 15) is 5.11 Å². The second-order valence-corrected chi connectivity index (χ2v) is 17.8. The minimum Gasteiger partial charge on any atom is -0.861 e. The molecule has 0 aliphatic carbocycles. The molecule has 0 aromatic carbocycles. The van der Waals surface area contributed by atoms with Crippen molar-refractivity contribution in [3.8, 4) is 0 Å². The molecule has 0 heterocycles. The molecule has 0 rings (SSSR count). The summed E-state index contributed by atoms with van der Waals surface area (Å²) in [4.78, 5) is 8.54. The number of unbranched alkanes of at least 4 members (excludes halogenated alkanes) is 31. The van der Waals surface area contributed by atoms with E-state index in [-0.39, 0.29) is 49.1 Å². The summed E-state index contributed by atoms with van der Waals surface area (Å²) in [6, 6.07) is 0. The average Bonchev–Trinajstić information content (AvgIpc) is 3.14. The largest absolute Gasteiger partial charge is 0.861 e. The number of quaternary nitrogens is 1. The Balaban J connectivity index is -0.00000468. The summed E-state index contributed by atoms with van der Waals surface area (Å²) in [5.74, 6) is -0.0577. The number of halogens is 3. The quantitative estimate of drug-likeness (QED) is 0.0244. The molecule has 0 aromatic heterocycles. The molecule has 0 saturated carbocycles. The van der Waals surface area contributed by atoms with Gasteiger partial charge < -0.3 is 26.8 Å². The Bertz CT molecular complexity index is 821. The number of guanidine groups is 1. The minimum atomic E-state index is -0.927. The van der Waals surface area contributed by atoms with Gasteiger partial charge in [-0.1, -0.05) is 194 Å². The van der Waals surface area contributed by atoms with Gasteiger partial charge in [0.25, 0.3) is 0 Å². The molecule has 346 valence electrons. The maximum atomic E-state index is 13.0. The van der Waals surface area contributed by atoms with Crippen molar-refractivity contribution in [3.05, 3.63) is 0 Å². The Morgan fingerprint density at radius 3 is 1.04 bits per heavy atom. The normalized spacial score (nSPS) is 12.7. The van der Waals surface area contributed by atoms with Crippen LogP contribution in [0.25, 0.3) is 0 Å². The van der Waals surface area contributed by atoms with Crippen LogP contribution in [0, 0.1) is 0 Å². The first kappa shape index (κ1) is 63.2. The van der Waals surface area contributed by atoms with Crippen LogP contribution < -0.4 is 22.3 Å². The molecule has 0 radical (unpaired) electrons. The number of hydrogen-bond donors (Lipinski definition) is 3. The van der Waals surface area contributed by atoms with E-state index in [0.717, 1.165) is 23.9 Å². The van der Waals surface area contributed by atoms with Gasteiger partial charge in [-0.25, -0.2) is 0 Å². The molecular formula is C47H101Cl3N6O. The summed E-state index contributed by atoms with van der Waals surface area (Å²) in [5.41, 5.74) is 16.3. The molecule has 0 saturated heterocycles. The molecule has 0 aromatic rings. The molecule has 0 amide bonds. The second kappa shape index (κ2) is 46.6. The smallest absolute Gasteiger partial charge is 0.185 e. The van der Waals surface area contributed by atoms with Crippen LogP contribution in [0.1, 0.15) is 245 Å². The van der Waals surface area contributed by atoms with Crippen molar-refractivity contribution in [1.82, 2.24) is 0 Å². The maximum absolute atomic E-state index is 13.0. The molecule has 1 unspecified atom stereocenters. The van der Waals surface area contributed by atoms with Gasteiger partial charge in [0.2, 0.25) is 0 Å². The van der Waals surface area contributed by atoms with E-state index < -0.39 is 5.54 Å². The summed E-state index contributed by atoms with van der Waals surface area (Å²) in [5, 5.41) is 13.0. The number of nitrogens with two attached hydrogens (primary N) is 3. The minimum absolute atomic E-state index is 0. The lowest BCUT2D eigenvalue weighted by Crippen LogP contribution is -2.52. The molecular weight excluding hydrogens is 771 g/mol. The zero-order valence-corrected chi connectivity index (χ0v) is 40.9. The van der Waals surface area contributed by atoms with Gasteiger partial charge >= 0.3 is 0 Å². The standard InChI is InChI=1S/C47H98N6O.3ClH/c1-5-7-9-11-13-15-17-19-21-23-25-27-29-31-33-37-42-53(4,44-41-51-45(54)47(3,50)39-35-36-40-52-46(48)49)43-38-34-32-30-28-26-24-22-20-18-16-14-12-10-8-6-2;;;/h5-44,50H2,1-4H3,(H4-,48,49,51,52,54);3*1H. The highest BCUT2D eigenvalue weighted by atomic mass is 35.5. The SMILES string of the molecule is CCCCCCCCCCCCCCCCCC[N+](C)(CCCCCCCCCCCCCCCCCC)CCN=C([O-])C(C)(N)CCCCN=C(N)N.Cl.Cl.Cl. The van der Waals surface area contributed by atoms with Crippen LogP contribution in [0.4, 0.5) is 0 Å². The van der Waals surface area contributed by atoms with Crippen LogP contribution in [0.2, 0.25) is 0 Å². The van der Waals surface area contributed by atoms with Crippen molar-refractivity contribution in [3.63, 3.8) is 0 Å². The monoisotopic (exact) mass is 871 g/mol. The van der Waals surface area contributed by atoms with Gasteiger partial charge in [-0.05, 0) is 57.8 Å². The van der Waals surface area contributed by atoms with Crippen LogP contribution in [0.5, 0.6) is 0 Å². The Hall–Kier alpha value is -0.470. The highest BCUT2D eigenvalue weighted by Crippen LogP contribution is 2.18. The Morgan fingerprint density at radius 1 is 0.439 bits per heavy atom. The molecule has 6 N–H and O–H groups in total. The summed E-state index contributed by atoms with van der Waals surface area (Å²) in [7, 11) is 2.40. The van der Waals surface area contributed by atoms with Gasteiger partial charge in [-0.15, -0.1) is 37.2 Å². The Morgan fingerprint density at radius 2 is 0.737 bits per heavy atom. The maximum Gasteiger partial charge on any atom is 0.185 e. The van der Waals surface area contributed by atoms with Crippen LogP contribution >= 0.6 is 37.2 Å². The van der Waals surface area contributed by atoms with Crippen molar-refractivity contribution in [2.24, 2.45) is 27.2 Å². The first-order valence-electron chi connectivity index (χ1n) is 24.1. The van der Waals surface area contributed by atoms with Gasteiger partial charge in [0.1, 0.15) is 0 Å². The molecule has 0 bridgehead atoms. The van der Waals surface area contributed by atoms with Gasteiger partial charge in [-0.2, -0.15) is 0 Å². The molecule has 1 atom stereocenters. The van der Waals surface area contributed by atoms with E-state index in [1.165, 1.54) is 219 Å². The molecule has 10 heteroatoms. The van der Waals surface area contributed by atoms with E-state index in [2.05, 4.69) is 30.9 Å². The average molecular weight is 873 g/mol. The topological polar surface area (TPSA) is 126 Å². The number of nitrogens with zero attached hydrogens (tertiary/aromatic N) is 3. The second-order valence-electron chi connectivity index (χ2n) is 17.8. The number of likely N-dealkylation sites (N-methyl/N-ethyl adjacent to an activating group) is 1. The molecule has 0 spiro atoms. The first-order valence-corrected chi connectivity index (χ1v) is 24.1. The Labute approximate surface area is 375 Å². The summed E-state index contributed by atoms with van der Waals surface area (Å²) in [6.45, 7) is 10.8. The predicted molar refractivity (Wildman–Crippen MR) is 261 cm³/mol. The summed E-state index contributed by atoms with van der Waals surface area (Å²) >= 11 is 0. The van der Waals surface area contributed by atoms with Crippen molar-refractivity contribution in [2.45, 2.75) is 251 Å². The third kappa shape index (κ3) is 44.9. The van der Waals surface area contributed by atoms with Crippen LogP contribution in [0.3, 0.4) is 0 Å². The number of hydrogen-bond acceptors (Lipinski definition) is 4. The van der Waals surface area contributed by atoms with E-state index >= 15 is 0 Å². The number of aliphatic imine (C=N–C) groups is 2. The molecule has 57 heavy (non-hydrogen) atoms. The lowest BCUT2D eigenvalue weighted by Gasteiger charge is -2.35. The van der Waals surface area contributed by atoms with Gasteiger partial charge in [0.15, 0.2) is 5.96 Å². The van der Waals surface area contributed by atoms with E-state index in [4.69, 9.17) is 17.2 Å². The zero-order valence-electron chi connectivity index (χ0n) is 38.5. The fourth-order valence-electron chi connectivity index (χ4n) is 7.91. The first-order chi connectivity index (χ1) is 26.2. The fourth-order valence-corrected chi connectivity index (χ4v) is 7.91. The highest BCUT2D eigenvalue weighted by molar-refractivity contribution is 5.86. The highest BCUT2D eigenvalue weighted by Gasteiger charge is 2.22. The van der Waals surface area contributed by atoms with E-state index in [1.807, 2.05) is 6.92 Å². The molecule has 0 fully saturated rings. The van der Waals surface area contributed by atoms with Crippen molar-refractivity contribution in [1.29, 1.82) is 0 Å². The van der Waals surface area contributed by atoms with Crippen molar-refractivity contribution < 1.29 is 9.59 Å². The van der Waals surface area contributed by atoms with E-state index in [1.54, 1.807) is 0 Å². The summed E-state index contributed by atoms with van der Waals surface area (Å²) < 4.78 is 1.02.